The second kappa shape index (κ2) is 19.2. The maximum Gasteiger partial charge on any atom is 1.00 e. The minimum absolute atomic E-state index is 0. The van der Waals surface area contributed by atoms with Crippen LogP contribution < -0.4 is 29.6 Å². The van der Waals surface area contributed by atoms with Crippen LogP contribution in [0, 0.1) is 0 Å². The van der Waals surface area contributed by atoms with Gasteiger partial charge in [0.05, 0.1) is 6.61 Å². The molecule has 0 aliphatic heterocycles. The average Bonchev–Trinajstić information content (AvgIpc) is 2.45. The summed E-state index contributed by atoms with van der Waals surface area (Å²) >= 11 is 0. The summed E-state index contributed by atoms with van der Waals surface area (Å²) in [5.41, 5.74) is 0. The van der Waals surface area contributed by atoms with E-state index in [0.717, 1.165) is 12.8 Å². The van der Waals surface area contributed by atoms with Gasteiger partial charge in [-0.2, -0.15) is 8.42 Å². The van der Waals surface area contributed by atoms with E-state index in [9.17, 15) is 8.42 Å². The average molecular weight is 361 g/mol. The van der Waals surface area contributed by atoms with Crippen LogP contribution in [0.25, 0.3) is 0 Å². The molecule has 0 aliphatic carbocycles. The topological polar surface area (TPSA) is 63.6 Å². The fourth-order valence-electron chi connectivity index (χ4n) is 2.64. The van der Waals surface area contributed by atoms with Gasteiger partial charge in [-0.15, -0.1) is 0 Å². The van der Waals surface area contributed by atoms with Crippen molar-refractivity contribution < 1.29 is 48.1 Å². The van der Waals surface area contributed by atoms with E-state index in [1.807, 2.05) is 0 Å². The molecular weight excluding hydrogens is 323 g/mol. The Balaban J connectivity index is -0.00000220. The zero-order valence-corrected chi connectivity index (χ0v) is 18.2. The largest absolute Gasteiger partial charge is 1.00 e. The van der Waals surface area contributed by atoms with E-state index in [-0.39, 0.29) is 37.6 Å². The van der Waals surface area contributed by atoms with Crippen molar-refractivity contribution in [2.24, 2.45) is 0 Å². The van der Waals surface area contributed by atoms with Crippen LogP contribution in [0.5, 0.6) is 0 Å². The molecule has 0 fully saturated rings. The Bertz CT molecular complexity index is 327. The third-order valence-electron chi connectivity index (χ3n) is 3.98. The molecule has 4 nitrogen and oxygen atoms in total. The van der Waals surface area contributed by atoms with Gasteiger partial charge in [0, 0.05) is 0 Å². The van der Waals surface area contributed by atoms with Crippen molar-refractivity contribution in [3.63, 3.8) is 0 Å². The van der Waals surface area contributed by atoms with Crippen molar-refractivity contribution in [2.75, 3.05) is 6.61 Å². The summed E-state index contributed by atoms with van der Waals surface area (Å²) < 4.78 is 33.3. The quantitative estimate of drug-likeness (QED) is 0.246. The molecule has 23 heavy (non-hydrogen) atoms. The van der Waals surface area contributed by atoms with E-state index < -0.39 is 10.4 Å². The van der Waals surface area contributed by atoms with E-state index in [0.29, 0.717) is 6.42 Å². The van der Waals surface area contributed by atoms with Crippen molar-refractivity contribution in [1.29, 1.82) is 0 Å². The minimum Gasteiger partial charge on any atom is -1.00 e. The molecule has 0 saturated heterocycles. The van der Waals surface area contributed by atoms with E-state index in [4.69, 9.17) is 4.55 Å². The predicted octanol–water partition coefficient (Wildman–Crippen LogP) is 2.79. The van der Waals surface area contributed by atoms with Crippen LogP contribution in [0.15, 0.2) is 0 Å². The molecule has 6 heteroatoms. The molecule has 0 radical (unpaired) electrons. The van der Waals surface area contributed by atoms with Crippen LogP contribution in [0.3, 0.4) is 0 Å². The Morgan fingerprint density at radius 1 is 0.696 bits per heavy atom. The van der Waals surface area contributed by atoms with Crippen LogP contribution in [0.1, 0.15) is 105 Å². The number of hydrogen-bond acceptors (Lipinski definition) is 3. The second-order valence-electron chi connectivity index (χ2n) is 6.20. The molecule has 0 bridgehead atoms. The van der Waals surface area contributed by atoms with Crippen LogP contribution in [-0.2, 0) is 14.6 Å². The van der Waals surface area contributed by atoms with Crippen molar-refractivity contribution in [1.82, 2.24) is 0 Å². The third-order valence-corrected chi connectivity index (χ3v) is 4.44. The predicted molar refractivity (Wildman–Crippen MR) is 93.5 cm³/mol. The summed E-state index contributed by atoms with van der Waals surface area (Å²) in [4.78, 5) is 0. The molecule has 0 spiro atoms. The molecule has 0 saturated carbocycles. The van der Waals surface area contributed by atoms with Gasteiger partial charge in [0.25, 0.3) is 0 Å². The molecule has 0 heterocycles. The van der Waals surface area contributed by atoms with E-state index in [2.05, 4.69) is 11.1 Å². The Hall–Kier alpha value is 0.870. The van der Waals surface area contributed by atoms with Crippen LogP contribution >= 0.6 is 0 Å². The third kappa shape index (κ3) is 25.2. The van der Waals surface area contributed by atoms with Gasteiger partial charge < -0.3 is 1.43 Å². The normalized spacial score (nSPS) is 11.4. The van der Waals surface area contributed by atoms with Gasteiger partial charge in [-0.25, -0.2) is 4.18 Å². The summed E-state index contributed by atoms with van der Waals surface area (Å²) in [6, 6.07) is 0. The van der Waals surface area contributed by atoms with Gasteiger partial charge >= 0.3 is 40.0 Å². The van der Waals surface area contributed by atoms with Gasteiger partial charge in [0.1, 0.15) is 0 Å². The molecule has 0 aromatic carbocycles. The summed E-state index contributed by atoms with van der Waals surface area (Å²) in [5, 5.41) is 0. The maximum atomic E-state index is 10.3. The monoisotopic (exact) mass is 360 g/mol. The Morgan fingerprint density at radius 3 is 1.30 bits per heavy atom. The molecule has 0 atom stereocenters. The van der Waals surface area contributed by atoms with Crippen LogP contribution in [-0.4, -0.2) is 19.6 Å². The first-order chi connectivity index (χ1) is 10.6. The molecule has 0 amide bonds. The summed E-state index contributed by atoms with van der Waals surface area (Å²) in [6.45, 7) is 2.35. The Kier molecular flexibility index (Phi) is 21.8. The van der Waals surface area contributed by atoms with E-state index in [1.165, 1.54) is 77.0 Å². The van der Waals surface area contributed by atoms with Crippen LogP contribution in [0.2, 0.25) is 0 Å². The molecule has 0 aliphatic rings. The van der Waals surface area contributed by atoms with Gasteiger partial charge in [-0.1, -0.05) is 96.8 Å². The standard InChI is InChI=1S/C17H36O4S.Na.H/c1-2-3-4-5-6-7-8-9-10-11-12-13-14-15-16-17-21-22(18,19)20;;/h2-17H2,1H3,(H,18,19,20);;/q;+1;-1. The molecule has 136 valence electrons. The summed E-state index contributed by atoms with van der Waals surface area (Å²) in [6.07, 6.45) is 19.0. The van der Waals surface area contributed by atoms with E-state index >= 15 is 0 Å². The van der Waals surface area contributed by atoms with Gasteiger partial charge in [-0.05, 0) is 6.42 Å². The van der Waals surface area contributed by atoms with Crippen molar-refractivity contribution in [3.8, 4) is 0 Å². The molecule has 1 N–H and O–H groups in total. The first kappa shape index (κ1) is 26.1. The van der Waals surface area contributed by atoms with Crippen molar-refractivity contribution >= 4 is 10.4 Å². The zero-order chi connectivity index (χ0) is 16.5. The minimum atomic E-state index is -4.24. The molecule has 0 aromatic heterocycles. The zero-order valence-electron chi connectivity index (χ0n) is 16.4. The van der Waals surface area contributed by atoms with Gasteiger partial charge in [0.2, 0.25) is 0 Å². The smallest absolute Gasteiger partial charge is 1.00 e. The second-order valence-corrected chi connectivity index (χ2v) is 7.29. The first-order valence-electron chi connectivity index (χ1n) is 9.18. The maximum absolute atomic E-state index is 10.3. The SMILES string of the molecule is CCCCCCCCCCCCCCCCCOS(=O)(=O)O.[H-].[Na+]. The summed E-state index contributed by atoms with van der Waals surface area (Å²) in [5.74, 6) is 0. The van der Waals surface area contributed by atoms with Gasteiger partial charge in [-0.3, -0.25) is 4.55 Å². The molecule has 0 rings (SSSR count). The molecule has 0 unspecified atom stereocenters. The van der Waals surface area contributed by atoms with Crippen molar-refractivity contribution in [2.45, 2.75) is 103 Å². The number of hydrogen-bond donors (Lipinski definition) is 1. The fraction of sp³-hybridized carbons (Fsp3) is 1.00. The van der Waals surface area contributed by atoms with Gasteiger partial charge in [0.15, 0.2) is 0 Å². The fourth-order valence-corrected chi connectivity index (χ4v) is 2.97. The number of unbranched alkanes of at least 4 members (excludes halogenated alkanes) is 14. The van der Waals surface area contributed by atoms with E-state index in [1.54, 1.807) is 0 Å². The molecule has 0 aromatic rings. The molecular formula is C17H37NaO4S. The van der Waals surface area contributed by atoms with Crippen molar-refractivity contribution in [3.05, 3.63) is 0 Å². The van der Waals surface area contributed by atoms with Crippen LogP contribution in [0.4, 0.5) is 0 Å². The summed E-state index contributed by atoms with van der Waals surface area (Å²) in [7, 11) is -4.24. The number of rotatable bonds is 17. The Labute approximate surface area is 167 Å². The first-order valence-corrected chi connectivity index (χ1v) is 10.5. The Morgan fingerprint density at radius 2 is 1.00 bits per heavy atom.